The molecule has 4 rings (SSSR count). The Labute approximate surface area is 167 Å². The van der Waals surface area contributed by atoms with Crippen molar-refractivity contribution in [2.75, 3.05) is 16.3 Å². The number of anilines is 3. The molecule has 0 aliphatic carbocycles. The van der Waals surface area contributed by atoms with Gasteiger partial charge in [-0.15, -0.1) is 0 Å². The summed E-state index contributed by atoms with van der Waals surface area (Å²) in [5.74, 6) is 4.22. The smallest absolute Gasteiger partial charge is 0.299 e. The van der Waals surface area contributed by atoms with Crippen LogP contribution in [-0.2, 0) is 9.71 Å². The molecule has 1 atom stereocenters. The van der Waals surface area contributed by atoms with Crippen molar-refractivity contribution in [3.05, 3.63) is 66.1 Å². The topological polar surface area (TPSA) is 80.0 Å². The molecule has 6 nitrogen and oxygen atoms in total. The van der Waals surface area contributed by atoms with Crippen LogP contribution < -0.4 is 10.0 Å². The summed E-state index contributed by atoms with van der Waals surface area (Å²) >= 11 is 6.12. The summed E-state index contributed by atoms with van der Waals surface area (Å²) < 4.78 is 20.5. The zero-order chi connectivity index (χ0) is 19.7. The van der Waals surface area contributed by atoms with Gasteiger partial charge in [0, 0.05) is 44.5 Å². The number of fused-ring (bicyclic) bond motifs is 1. The van der Waals surface area contributed by atoms with E-state index in [1.165, 1.54) is 0 Å². The highest BCUT2D eigenvalue weighted by atomic mass is 35.5. The minimum absolute atomic E-state index is 0.354. The maximum absolute atomic E-state index is 11.8. The minimum Gasteiger partial charge on any atom is -0.423 e. The van der Waals surface area contributed by atoms with Crippen molar-refractivity contribution in [1.29, 1.82) is 0 Å². The second-order valence-electron chi connectivity index (χ2n) is 6.38. The summed E-state index contributed by atoms with van der Waals surface area (Å²) in [7, 11) is -2.35. The van der Waals surface area contributed by atoms with Gasteiger partial charge in [-0.25, -0.2) is 14.2 Å². The molecular weight excluding hydrogens is 396 g/mol. The summed E-state index contributed by atoms with van der Waals surface area (Å²) in [6.45, 7) is 0. The number of rotatable bonds is 5. The first kappa shape index (κ1) is 18.3. The minimum atomic E-state index is -2.35. The molecule has 2 aromatic carbocycles. The van der Waals surface area contributed by atoms with E-state index in [9.17, 15) is 4.21 Å². The van der Waals surface area contributed by atoms with Crippen molar-refractivity contribution in [1.82, 2.24) is 9.97 Å². The Kier molecular flexibility index (Phi) is 4.70. The number of nitrogens with zero attached hydrogens (tertiary/aromatic N) is 2. The predicted octanol–water partition coefficient (Wildman–Crippen LogP) is 4.96. The largest absolute Gasteiger partial charge is 0.423 e. The number of benzene rings is 2. The van der Waals surface area contributed by atoms with Gasteiger partial charge in [-0.1, -0.05) is 29.8 Å². The van der Waals surface area contributed by atoms with E-state index in [-0.39, 0.29) is 0 Å². The highest BCUT2D eigenvalue weighted by molar-refractivity contribution is 8.00. The molecule has 0 saturated heterocycles. The lowest BCUT2D eigenvalue weighted by molar-refractivity contribution is 0.592. The van der Waals surface area contributed by atoms with Crippen molar-refractivity contribution in [2.45, 2.75) is 0 Å². The van der Waals surface area contributed by atoms with Gasteiger partial charge in [-0.2, -0.15) is 0 Å². The molecule has 28 heavy (non-hydrogen) atoms. The predicted molar refractivity (Wildman–Crippen MR) is 117 cm³/mol. The van der Waals surface area contributed by atoms with Crippen LogP contribution in [0.15, 0.2) is 65.3 Å². The fourth-order valence-electron chi connectivity index (χ4n) is 2.79. The van der Waals surface area contributed by atoms with E-state index in [1.807, 2.05) is 48.5 Å². The monoisotopic (exact) mass is 412 g/mol. The second kappa shape index (κ2) is 7.18. The number of halogens is 1. The molecule has 1 unspecified atom stereocenters. The van der Waals surface area contributed by atoms with E-state index >= 15 is 0 Å². The van der Waals surface area contributed by atoms with Crippen molar-refractivity contribution in [2.24, 2.45) is 0 Å². The summed E-state index contributed by atoms with van der Waals surface area (Å²) in [5.41, 5.74) is 2.33. The molecule has 0 spiro atoms. The number of hydrogen-bond donors (Lipinski definition) is 2. The van der Waals surface area contributed by atoms with E-state index in [4.69, 9.17) is 16.0 Å². The van der Waals surface area contributed by atoms with Gasteiger partial charge in [-0.05, 0) is 41.6 Å². The fraction of sp³-hybridized carbons (Fsp3) is 0.0500. The lowest BCUT2D eigenvalue weighted by Crippen LogP contribution is -2.09. The van der Waals surface area contributed by atoms with Gasteiger partial charge in [0.15, 0.2) is 5.76 Å². The van der Waals surface area contributed by atoms with Crippen LogP contribution in [0.5, 0.6) is 0 Å². The number of nitrogens with one attached hydrogen (secondary N) is 2. The quantitative estimate of drug-likeness (QED) is 0.357. The molecule has 2 aromatic heterocycles. The molecule has 8 heteroatoms. The standard InChI is InChI=1S/C20H17ClN4O2S/c1-28(2,26)25-16-5-3-4-15(11-16)24-20-23-12-18(27-20)14-6-7-17-13(10-14)8-9-22-19(17)21/h3-12H,1H2,2H3,(H,23,24)(H,25,26). The molecular formula is C20H17ClN4O2S. The number of oxazole rings is 1. The Morgan fingerprint density at radius 1 is 1.11 bits per heavy atom. The Morgan fingerprint density at radius 3 is 2.75 bits per heavy atom. The van der Waals surface area contributed by atoms with Crippen molar-refractivity contribution >= 4 is 55.3 Å². The molecule has 0 aliphatic rings. The number of pyridine rings is 1. The highest BCUT2D eigenvalue weighted by Gasteiger charge is 2.09. The van der Waals surface area contributed by atoms with Crippen LogP contribution in [0.25, 0.3) is 22.1 Å². The Morgan fingerprint density at radius 2 is 1.93 bits per heavy atom. The molecule has 4 aromatic rings. The maximum Gasteiger partial charge on any atom is 0.299 e. The van der Waals surface area contributed by atoms with E-state index < -0.39 is 9.71 Å². The van der Waals surface area contributed by atoms with E-state index in [0.717, 1.165) is 22.0 Å². The highest BCUT2D eigenvalue weighted by Crippen LogP contribution is 2.29. The van der Waals surface area contributed by atoms with Crippen LogP contribution in [-0.4, -0.2) is 26.3 Å². The van der Waals surface area contributed by atoms with Gasteiger partial charge < -0.3 is 14.5 Å². The summed E-state index contributed by atoms with van der Waals surface area (Å²) in [6.07, 6.45) is 4.87. The van der Waals surface area contributed by atoms with E-state index in [2.05, 4.69) is 25.9 Å². The Hall–Kier alpha value is -3.03. The number of aromatic nitrogens is 2. The first-order valence-electron chi connectivity index (χ1n) is 8.35. The average Bonchev–Trinajstić information content (AvgIpc) is 3.09. The molecule has 2 N–H and O–H groups in total. The van der Waals surface area contributed by atoms with Crippen LogP contribution in [0.2, 0.25) is 5.15 Å². The molecule has 0 saturated carbocycles. The van der Waals surface area contributed by atoms with Crippen molar-refractivity contribution in [3.63, 3.8) is 0 Å². The first-order valence-corrected chi connectivity index (χ1v) is 10.9. The van der Waals surface area contributed by atoms with Crippen LogP contribution in [0.4, 0.5) is 17.4 Å². The zero-order valence-electron chi connectivity index (χ0n) is 15.0. The van der Waals surface area contributed by atoms with Crippen LogP contribution in [0, 0.1) is 0 Å². The third-order valence-corrected chi connectivity index (χ3v) is 4.92. The lowest BCUT2D eigenvalue weighted by atomic mass is 10.1. The fourth-order valence-corrected chi connectivity index (χ4v) is 3.65. The van der Waals surface area contributed by atoms with E-state index in [1.54, 1.807) is 18.6 Å². The molecule has 0 radical (unpaired) electrons. The lowest BCUT2D eigenvalue weighted by Gasteiger charge is -2.09. The van der Waals surface area contributed by atoms with Gasteiger partial charge >= 0.3 is 0 Å². The van der Waals surface area contributed by atoms with Crippen LogP contribution in [0.1, 0.15) is 0 Å². The zero-order valence-corrected chi connectivity index (χ0v) is 16.6. The van der Waals surface area contributed by atoms with Gasteiger partial charge in [0.05, 0.1) is 6.20 Å². The summed E-state index contributed by atoms with van der Waals surface area (Å²) in [5, 5.41) is 5.43. The van der Waals surface area contributed by atoms with Crippen LogP contribution in [0.3, 0.4) is 0 Å². The molecule has 0 bridgehead atoms. The van der Waals surface area contributed by atoms with Crippen LogP contribution >= 0.6 is 11.6 Å². The molecule has 2 heterocycles. The molecule has 142 valence electrons. The van der Waals surface area contributed by atoms with Gasteiger partial charge in [0.25, 0.3) is 6.01 Å². The summed E-state index contributed by atoms with van der Waals surface area (Å²) in [4.78, 5) is 8.37. The third kappa shape index (κ3) is 4.11. The SMILES string of the molecule is C=S(C)(=O)Nc1cccc(Nc2ncc(-c3ccc4c(Cl)nccc4c3)o2)c1. The van der Waals surface area contributed by atoms with Gasteiger partial charge in [0.1, 0.15) is 5.15 Å². The number of hydrogen-bond acceptors (Lipinski definition) is 5. The molecule has 0 amide bonds. The molecule has 0 fully saturated rings. The normalized spacial score (nSPS) is 13.2. The van der Waals surface area contributed by atoms with Crippen molar-refractivity contribution in [3.8, 4) is 11.3 Å². The van der Waals surface area contributed by atoms with E-state index in [0.29, 0.717) is 22.6 Å². The second-order valence-corrected chi connectivity index (χ2v) is 8.95. The Bertz CT molecular complexity index is 1270. The first-order chi connectivity index (χ1) is 13.4. The van der Waals surface area contributed by atoms with Gasteiger partial charge in [-0.3, -0.25) is 0 Å². The summed E-state index contributed by atoms with van der Waals surface area (Å²) in [6, 6.07) is 15.4. The van der Waals surface area contributed by atoms with Crippen molar-refractivity contribution < 1.29 is 8.63 Å². The molecule has 0 aliphatic heterocycles. The average molecular weight is 413 g/mol. The Balaban J connectivity index is 1.58. The van der Waals surface area contributed by atoms with Gasteiger partial charge in [0.2, 0.25) is 0 Å². The third-order valence-electron chi connectivity index (χ3n) is 3.95. The maximum atomic E-state index is 11.8.